The first-order valence-corrected chi connectivity index (χ1v) is 16.6. The first kappa shape index (κ1) is 29.3. The van der Waals surface area contributed by atoms with Crippen LogP contribution in [0.2, 0.25) is 0 Å². The highest BCUT2D eigenvalue weighted by molar-refractivity contribution is 6.10. The molecule has 9 aromatic rings. The second-order valence-corrected chi connectivity index (χ2v) is 12.1. The molecule has 0 bridgehead atoms. The lowest BCUT2D eigenvalue weighted by Crippen LogP contribution is -2.00. The molecule has 0 saturated heterocycles. The fraction of sp³-hybridized carbons (Fsp3) is 0. The molecule has 5 heteroatoms. The predicted molar refractivity (Wildman–Crippen MR) is 203 cm³/mol. The average Bonchev–Trinajstić information content (AvgIpc) is 3.21. The third-order valence-corrected chi connectivity index (χ3v) is 8.91. The van der Waals surface area contributed by atoms with Crippen LogP contribution in [-0.4, -0.2) is 24.9 Å². The van der Waals surface area contributed by atoms with Crippen LogP contribution in [0.1, 0.15) is 0 Å². The molecule has 234 valence electrons. The minimum absolute atomic E-state index is 0.625. The Kier molecular flexibility index (Phi) is 7.41. The minimum atomic E-state index is 0.625. The lowest BCUT2D eigenvalue weighted by Gasteiger charge is -2.11. The molecule has 0 radical (unpaired) electrons. The van der Waals surface area contributed by atoms with E-state index >= 15 is 0 Å². The van der Waals surface area contributed by atoms with Gasteiger partial charge in [0.25, 0.3) is 0 Å². The van der Waals surface area contributed by atoms with Gasteiger partial charge in [-0.15, -0.1) is 0 Å². The fourth-order valence-corrected chi connectivity index (χ4v) is 6.46. The molecular formula is C45H29N5. The first-order valence-electron chi connectivity index (χ1n) is 16.6. The van der Waals surface area contributed by atoms with E-state index in [1.165, 1.54) is 5.39 Å². The monoisotopic (exact) mass is 639 g/mol. The van der Waals surface area contributed by atoms with Crippen LogP contribution in [0, 0.1) is 0 Å². The van der Waals surface area contributed by atoms with Crippen LogP contribution in [0.15, 0.2) is 176 Å². The number of para-hydroxylation sites is 1. The SMILES string of the molecule is c1ccc(-c2nc(-c3ccccc3)nc(-c3cccc(-c4cccc(-c5cccc(-c6nc7ccccc7c7ccccc67)n5)c4)c3)n2)cc1. The van der Waals surface area contributed by atoms with Gasteiger partial charge < -0.3 is 0 Å². The summed E-state index contributed by atoms with van der Waals surface area (Å²) in [5.41, 5.74) is 9.53. The van der Waals surface area contributed by atoms with Gasteiger partial charge >= 0.3 is 0 Å². The molecule has 6 aromatic carbocycles. The van der Waals surface area contributed by atoms with Crippen molar-refractivity contribution < 1.29 is 0 Å². The van der Waals surface area contributed by atoms with Crippen molar-refractivity contribution >= 4 is 21.7 Å². The van der Waals surface area contributed by atoms with E-state index in [9.17, 15) is 0 Å². The highest BCUT2D eigenvalue weighted by atomic mass is 15.0. The van der Waals surface area contributed by atoms with Crippen molar-refractivity contribution in [2.45, 2.75) is 0 Å². The van der Waals surface area contributed by atoms with E-state index in [2.05, 4.69) is 103 Å². The molecule has 0 saturated carbocycles. The largest absolute Gasteiger partial charge is 0.246 e. The summed E-state index contributed by atoms with van der Waals surface area (Å²) in [5.74, 6) is 1.91. The Hall–Kier alpha value is -6.85. The molecule has 0 amide bonds. The van der Waals surface area contributed by atoms with Crippen molar-refractivity contribution in [3.63, 3.8) is 0 Å². The Morgan fingerprint density at radius 2 is 0.720 bits per heavy atom. The number of hydrogen-bond donors (Lipinski definition) is 0. The topological polar surface area (TPSA) is 64.5 Å². The van der Waals surface area contributed by atoms with Crippen LogP contribution >= 0.6 is 0 Å². The number of hydrogen-bond acceptors (Lipinski definition) is 5. The average molecular weight is 640 g/mol. The molecule has 0 N–H and O–H groups in total. The lowest BCUT2D eigenvalue weighted by atomic mass is 9.99. The van der Waals surface area contributed by atoms with Crippen molar-refractivity contribution in [3.8, 4) is 67.9 Å². The van der Waals surface area contributed by atoms with E-state index in [1.807, 2.05) is 72.8 Å². The van der Waals surface area contributed by atoms with Crippen molar-refractivity contribution in [2.24, 2.45) is 0 Å². The molecule has 0 aliphatic rings. The zero-order valence-corrected chi connectivity index (χ0v) is 27.0. The van der Waals surface area contributed by atoms with E-state index in [4.69, 9.17) is 24.9 Å². The summed E-state index contributed by atoms with van der Waals surface area (Å²) in [4.78, 5) is 25.0. The zero-order valence-electron chi connectivity index (χ0n) is 27.0. The third kappa shape index (κ3) is 5.57. The number of fused-ring (bicyclic) bond motifs is 3. The molecule has 3 heterocycles. The summed E-state index contributed by atoms with van der Waals surface area (Å²) in [5, 5.41) is 3.40. The van der Waals surface area contributed by atoms with Crippen molar-refractivity contribution in [2.75, 3.05) is 0 Å². The van der Waals surface area contributed by atoms with Crippen LogP contribution < -0.4 is 0 Å². The number of nitrogens with zero attached hydrogens (tertiary/aromatic N) is 5. The highest BCUT2D eigenvalue weighted by Gasteiger charge is 2.15. The Bertz CT molecular complexity index is 2600. The minimum Gasteiger partial charge on any atom is -0.246 e. The number of rotatable bonds is 6. The van der Waals surface area contributed by atoms with Crippen molar-refractivity contribution in [1.29, 1.82) is 0 Å². The van der Waals surface area contributed by atoms with Gasteiger partial charge in [-0.2, -0.15) is 0 Å². The van der Waals surface area contributed by atoms with Gasteiger partial charge in [0.15, 0.2) is 17.5 Å². The van der Waals surface area contributed by atoms with Crippen molar-refractivity contribution in [1.82, 2.24) is 24.9 Å². The summed E-state index contributed by atoms with van der Waals surface area (Å²) < 4.78 is 0. The summed E-state index contributed by atoms with van der Waals surface area (Å²) in [6.45, 7) is 0. The van der Waals surface area contributed by atoms with Gasteiger partial charge in [0.05, 0.1) is 22.6 Å². The maximum Gasteiger partial charge on any atom is 0.164 e. The maximum absolute atomic E-state index is 5.16. The van der Waals surface area contributed by atoms with Gasteiger partial charge in [0.2, 0.25) is 0 Å². The molecule has 0 aliphatic carbocycles. The summed E-state index contributed by atoms with van der Waals surface area (Å²) in [7, 11) is 0. The molecular weight excluding hydrogens is 611 g/mol. The van der Waals surface area contributed by atoms with Gasteiger partial charge in [-0.3, -0.25) is 0 Å². The zero-order chi connectivity index (χ0) is 33.3. The quantitative estimate of drug-likeness (QED) is 0.169. The van der Waals surface area contributed by atoms with Crippen LogP contribution in [0.3, 0.4) is 0 Å². The molecule has 9 rings (SSSR count). The predicted octanol–water partition coefficient (Wildman–Crippen LogP) is 11.0. The fourth-order valence-electron chi connectivity index (χ4n) is 6.46. The molecule has 0 fully saturated rings. The second-order valence-electron chi connectivity index (χ2n) is 12.1. The van der Waals surface area contributed by atoms with E-state index < -0.39 is 0 Å². The van der Waals surface area contributed by atoms with Gasteiger partial charge in [0.1, 0.15) is 0 Å². The summed E-state index contributed by atoms with van der Waals surface area (Å²) in [6.07, 6.45) is 0. The third-order valence-electron chi connectivity index (χ3n) is 8.91. The Labute approximate surface area is 289 Å². The van der Waals surface area contributed by atoms with Crippen LogP contribution in [-0.2, 0) is 0 Å². The lowest BCUT2D eigenvalue weighted by molar-refractivity contribution is 1.07. The van der Waals surface area contributed by atoms with E-state index in [-0.39, 0.29) is 0 Å². The Morgan fingerprint density at radius 1 is 0.260 bits per heavy atom. The van der Waals surface area contributed by atoms with E-state index in [0.29, 0.717) is 17.5 Å². The normalized spacial score (nSPS) is 11.2. The molecule has 0 unspecified atom stereocenters. The molecule has 5 nitrogen and oxygen atoms in total. The van der Waals surface area contributed by atoms with Crippen molar-refractivity contribution in [3.05, 3.63) is 176 Å². The Balaban J connectivity index is 1.10. The van der Waals surface area contributed by atoms with Gasteiger partial charge in [-0.1, -0.05) is 146 Å². The molecule has 3 aromatic heterocycles. The summed E-state index contributed by atoms with van der Waals surface area (Å²) in [6, 6.07) is 59.9. The van der Waals surface area contributed by atoms with Crippen LogP contribution in [0.5, 0.6) is 0 Å². The molecule has 0 aliphatic heterocycles. The number of benzene rings is 6. The maximum atomic E-state index is 5.16. The number of aromatic nitrogens is 5. The van der Waals surface area contributed by atoms with Gasteiger partial charge in [-0.05, 0) is 46.8 Å². The molecule has 0 atom stereocenters. The van der Waals surface area contributed by atoms with Gasteiger partial charge in [0, 0.05) is 33.0 Å². The van der Waals surface area contributed by atoms with E-state index in [0.717, 1.165) is 66.8 Å². The second kappa shape index (κ2) is 12.6. The van der Waals surface area contributed by atoms with Crippen LogP contribution in [0.4, 0.5) is 0 Å². The van der Waals surface area contributed by atoms with Crippen LogP contribution in [0.25, 0.3) is 89.6 Å². The standard InChI is InChI=1S/C45H29N5/c1-3-14-30(15-4-1)43-48-44(31-16-5-2-6-17-31)50-45(49-43)35-21-12-19-33(29-35)32-18-11-20-34(28-32)39-26-13-27-41(46-39)42-38-24-8-7-22-36(38)37-23-9-10-25-40(37)47-42/h1-29H. The summed E-state index contributed by atoms with van der Waals surface area (Å²) >= 11 is 0. The Morgan fingerprint density at radius 3 is 1.40 bits per heavy atom. The number of pyridine rings is 2. The first-order chi connectivity index (χ1) is 24.8. The highest BCUT2D eigenvalue weighted by Crippen LogP contribution is 2.34. The van der Waals surface area contributed by atoms with Gasteiger partial charge in [-0.25, -0.2) is 24.9 Å². The van der Waals surface area contributed by atoms with E-state index in [1.54, 1.807) is 0 Å². The molecule has 50 heavy (non-hydrogen) atoms. The molecule has 0 spiro atoms. The smallest absolute Gasteiger partial charge is 0.164 e.